The fraction of sp³-hybridized carbons (Fsp3) is 0.625. The van der Waals surface area contributed by atoms with Crippen LogP contribution in [0.25, 0.3) is 0 Å². The Morgan fingerprint density at radius 1 is 1.73 bits per heavy atom. The fourth-order valence-electron chi connectivity index (χ4n) is 1.14. The van der Waals surface area contributed by atoms with Crippen molar-refractivity contribution in [3.05, 3.63) is 11.3 Å². The molecule has 0 bridgehead atoms. The van der Waals surface area contributed by atoms with E-state index < -0.39 is 5.60 Å². The van der Waals surface area contributed by atoms with E-state index in [0.29, 0.717) is 5.57 Å². The molecule has 0 radical (unpaired) electrons. The van der Waals surface area contributed by atoms with Crippen molar-refractivity contribution in [3.63, 3.8) is 0 Å². The van der Waals surface area contributed by atoms with Crippen molar-refractivity contribution in [1.29, 1.82) is 5.26 Å². The molecule has 0 saturated carbocycles. The number of nitrogens with one attached hydrogen (secondary N) is 1. The summed E-state index contributed by atoms with van der Waals surface area (Å²) < 4.78 is 0. The molecule has 1 aliphatic rings. The lowest BCUT2D eigenvalue weighted by Gasteiger charge is -2.19. The van der Waals surface area contributed by atoms with Gasteiger partial charge in [-0.15, -0.1) is 0 Å². The lowest BCUT2D eigenvalue weighted by molar-refractivity contribution is -0.0329. The molecule has 60 valence electrons. The summed E-state index contributed by atoms with van der Waals surface area (Å²) in [5, 5.41) is 8.78. The van der Waals surface area contributed by atoms with E-state index in [1.165, 1.54) is 0 Å². The first kappa shape index (κ1) is 8.09. The van der Waals surface area contributed by atoms with Crippen LogP contribution in [0.4, 0.5) is 0 Å². The third kappa shape index (κ3) is 1.10. The van der Waals surface area contributed by atoms with E-state index in [1.54, 1.807) is 0 Å². The van der Waals surface area contributed by atoms with E-state index in [9.17, 15) is 0 Å². The van der Waals surface area contributed by atoms with Crippen LogP contribution in [0.5, 0.6) is 0 Å². The zero-order valence-electron chi connectivity index (χ0n) is 7.06. The molecule has 0 aliphatic carbocycles. The molecule has 3 nitrogen and oxygen atoms in total. The van der Waals surface area contributed by atoms with Crippen LogP contribution in [-0.2, 0) is 4.84 Å². The molecule has 0 aromatic rings. The van der Waals surface area contributed by atoms with Gasteiger partial charge in [0.25, 0.3) is 0 Å². The van der Waals surface area contributed by atoms with Gasteiger partial charge in [0.15, 0.2) is 0 Å². The number of allylic oxidation sites excluding steroid dienone is 1. The SMILES string of the molecule is CCC1(C)ONC(C)=C1C#N. The van der Waals surface area contributed by atoms with Crippen LogP contribution in [0, 0.1) is 11.3 Å². The van der Waals surface area contributed by atoms with E-state index in [4.69, 9.17) is 10.1 Å². The molecule has 0 amide bonds. The van der Waals surface area contributed by atoms with Crippen LogP contribution < -0.4 is 5.48 Å². The summed E-state index contributed by atoms with van der Waals surface area (Å²) in [6.45, 7) is 5.76. The Bertz CT molecular complexity index is 239. The van der Waals surface area contributed by atoms with E-state index in [1.807, 2.05) is 20.8 Å². The van der Waals surface area contributed by atoms with Gasteiger partial charge in [0.2, 0.25) is 0 Å². The van der Waals surface area contributed by atoms with Gasteiger partial charge in [-0.05, 0) is 20.3 Å². The normalized spacial score (nSPS) is 30.0. The maximum Gasteiger partial charge on any atom is 0.129 e. The molecular weight excluding hydrogens is 140 g/mol. The molecule has 1 atom stereocenters. The number of rotatable bonds is 1. The topological polar surface area (TPSA) is 45.0 Å². The summed E-state index contributed by atoms with van der Waals surface area (Å²) in [7, 11) is 0. The van der Waals surface area contributed by atoms with Crippen molar-refractivity contribution in [2.75, 3.05) is 0 Å². The predicted molar refractivity (Wildman–Crippen MR) is 41.2 cm³/mol. The second kappa shape index (κ2) is 2.55. The highest BCUT2D eigenvalue weighted by Crippen LogP contribution is 2.30. The summed E-state index contributed by atoms with van der Waals surface area (Å²) in [5.74, 6) is 0. The minimum absolute atomic E-state index is 0.418. The van der Waals surface area contributed by atoms with Crippen molar-refractivity contribution in [3.8, 4) is 6.07 Å². The van der Waals surface area contributed by atoms with E-state index in [2.05, 4.69) is 11.5 Å². The first-order valence-electron chi connectivity index (χ1n) is 3.69. The Kier molecular flexibility index (Phi) is 1.88. The van der Waals surface area contributed by atoms with Gasteiger partial charge in [-0.2, -0.15) is 5.26 Å². The standard InChI is InChI=1S/C8H12N2O/c1-4-8(3)7(5-9)6(2)10-11-8/h10H,4H2,1-3H3. The van der Waals surface area contributed by atoms with Gasteiger partial charge in [0, 0.05) is 0 Å². The Morgan fingerprint density at radius 3 is 2.73 bits per heavy atom. The summed E-state index contributed by atoms with van der Waals surface area (Å²) in [4.78, 5) is 5.26. The molecule has 1 unspecified atom stereocenters. The second-order valence-corrected chi connectivity index (χ2v) is 2.90. The zero-order chi connectivity index (χ0) is 8.48. The molecule has 0 spiro atoms. The first-order chi connectivity index (χ1) is 5.14. The van der Waals surface area contributed by atoms with Gasteiger partial charge in [0.05, 0.1) is 17.3 Å². The number of hydroxylamine groups is 1. The monoisotopic (exact) mass is 152 g/mol. The molecule has 0 aromatic carbocycles. The lowest BCUT2D eigenvalue weighted by Crippen LogP contribution is -2.27. The smallest absolute Gasteiger partial charge is 0.129 e. The van der Waals surface area contributed by atoms with Crippen LogP contribution in [-0.4, -0.2) is 5.60 Å². The number of nitriles is 1. The van der Waals surface area contributed by atoms with Gasteiger partial charge in [-0.1, -0.05) is 6.92 Å². The first-order valence-corrected chi connectivity index (χ1v) is 3.69. The molecule has 0 saturated heterocycles. The maximum atomic E-state index is 8.78. The molecule has 0 fully saturated rings. The van der Waals surface area contributed by atoms with Crippen molar-refractivity contribution in [2.45, 2.75) is 32.8 Å². The number of nitrogens with zero attached hydrogens (tertiary/aromatic N) is 1. The van der Waals surface area contributed by atoms with Gasteiger partial charge in [-0.3, -0.25) is 10.3 Å². The van der Waals surface area contributed by atoms with Crippen molar-refractivity contribution in [1.82, 2.24) is 5.48 Å². The summed E-state index contributed by atoms with van der Waals surface area (Å²) in [6, 6.07) is 2.15. The van der Waals surface area contributed by atoms with Crippen LogP contribution in [0.1, 0.15) is 27.2 Å². The fourth-order valence-corrected chi connectivity index (χ4v) is 1.14. The Balaban J connectivity index is 2.99. The average molecular weight is 152 g/mol. The molecule has 1 heterocycles. The number of hydrogen-bond donors (Lipinski definition) is 1. The maximum absolute atomic E-state index is 8.78. The van der Waals surface area contributed by atoms with Crippen molar-refractivity contribution >= 4 is 0 Å². The van der Waals surface area contributed by atoms with E-state index in [-0.39, 0.29) is 0 Å². The third-order valence-corrected chi connectivity index (χ3v) is 2.12. The minimum Gasteiger partial charge on any atom is -0.269 e. The van der Waals surface area contributed by atoms with Gasteiger partial charge >= 0.3 is 0 Å². The molecule has 0 aromatic heterocycles. The van der Waals surface area contributed by atoms with E-state index in [0.717, 1.165) is 12.1 Å². The summed E-state index contributed by atoms with van der Waals surface area (Å²) >= 11 is 0. The summed E-state index contributed by atoms with van der Waals surface area (Å²) in [5.41, 5.74) is 3.84. The average Bonchev–Trinajstić information content (AvgIpc) is 2.29. The Labute approximate surface area is 66.6 Å². The molecule has 11 heavy (non-hydrogen) atoms. The highest BCUT2D eigenvalue weighted by molar-refractivity contribution is 5.36. The summed E-state index contributed by atoms with van der Waals surface area (Å²) in [6.07, 6.45) is 0.806. The molecule has 1 aliphatic heterocycles. The molecule has 3 heteroatoms. The Hall–Kier alpha value is -1.01. The van der Waals surface area contributed by atoms with E-state index >= 15 is 0 Å². The largest absolute Gasteiger partial charge is 0.269 e. The van der Waals surface area contributed by atoms with Crippen molar-refractivity contribution < 1.29 is 4.84 Å². The molecular formula is C8H12N2O. The molecule has 1 N–H and O–H groups in total. The lowest BCUT2D eigenvalue weighted by atomic mass is 9.94. The van der Waals surface area contributed by atoms with Crippen molar-refractivity contribution in [2.24, 2.45) is 0 Å². The van der Waals surface area contributed by atoms with Gasteiger partial charge in [0.1, 0.15) is 5.60 Å². The van der Waals surface area contributed by atoms with Gasteiger partial charge in [-0.25, -0.2) is 0 Å². The highest BCUT2D eigenvalue weighted by Gasteiger charge is 2.35. The molecule has 1 rings (SSSR count). The van der Waals surface area contributed by atoms with Crippen LogP contribution in [0.3, 0.4) is 0 Å². The van der Waals surface area contributed by atoms with Gasteiger partial charge < -0.3 is 0 Å². The quantitative estimate of drug-likeness (QED) is 0.619. The van der Waals surface area contributed by atoms with Crippen LogP contribution in [0.2, 0.25) is 0 Å². The Morgan fingerprint density at radius 2 is 2.36 bits per heavy atom. The zero-order valence-corrected chi connectivity index (χ0v) is 7.06. The predicted octanol–water partition coefficient (Wildman–Crippen LogP) is 1.49. The third-order valence-electron chi connectivity index (χ3n) is 2.12. The van der Waals surface area contributed by atoms with Crippen LogP contribution in [0.15, 0.2) is 11.3 Å². The number of hydrogen-bond acceptors (Lipinski definition) is 3. The minimum atomic E-state index is -0.418. The van der Waals surface area contributed by atoms with Crippen LogP contribution >= 0.6 is 0 Å². The highest BCUT2D eigenvalue weighted by atomic mass is 16.7. The second-order valence-electron chi connectivity index (χ2n) is 2.90.